The zero-order valence-corrected chi connectivity index (χ0v) is 18.1. The lowest BCUT2D eigenvalue weighted by Gasteiger charge is -2.29. The van der Waals surface area contributed by atoms with E-state index in [0.717, 1.165) is 31.3 Å². The van der Waals surface area contributed by atoms with Crippen LogP contribution < -0.4 is 0 Å². The molecule has 0 radical (unpaired) electrons. The largest absolute Gasteiger partial charge is 0.365 e. The fourth-order valence-corrected chi connectivity index (χ4v) is 5.00. The third kappa shape index (κ3) is 7.36. The molecule has 158 valence electrons. The SMILES string of the molecule is CCCCOC(O)(CCCC1=C([Si](C)(C)C(F)(F)F)C=CC1)OCCCC. The maximum atomic E-state index is 13.4. The van der Waals surface area contributed by atoms with Crippen LogP contribution in [0.25, 0.3) is 0 Å². The van der Waals surface area contributed by atoms with Crippen LogP contribution in [0.4, 0.5) is 13.2 Å². The summed E-state index contributed by atoms with van der Waals surface area (Å²) in [6.07, 6.45) is 8.87. The smallest absolute Gasteiger partial charge is 0.343 e. The van der Waals surface area contributed by atoms with Crippen LogP contribution >= 0.6 is 0 Å². The van der Waals surface area contributed by atoms with E-state index in [2.05, 4.69) is 0 Å². The molecule has 0 unspecified atom stereocenters. The van der Waals surface area contributed by atoms with E-state index >= 15 is 0 Å². The van der Waals surface area contributed by atoms with Crippen molar-refractivity contribution >= 4 is 8.07 Å². The first-order valence-corrected chi connectivity index (χ1v) is 13.0. The van der Waals surface area contributed by atoms with Crippen LogP contribution in [0, 0.1) is 0 Å². The normalized spacial score (nSPS) is 15.9. The molecule has 0 heterocycles. The Labute approximate surface area is 162 Å². The van der Waals surface area contributed by atoms with E-state index < -0.39 is 19.8 Å². The van der Waals surface area contributed by atoms with Gasteiger partial charge in [-0.15, -0.1) is 0 Å². The number of unbranched alkanes of at least 4 members (excludes halogenated alkanes) is 2. The molecule has 0 atom stereocenters. The Kier molecular flexibility index (Phi) is 9.75. The molecule has 7 heteroatoms. The minimum absolute atomic E-state index is 0.255. The third-order valence-corrected chi connectivity index (χ3v) is 8.32. The summed E-state index contributed by atoms with van der Waals surface area (Å²) < 4.78 is 51.4. The van der Waals surface area contributed by atoms with Gasteiger partial charge < -0.3 is 14.6 Å². The van der Waals surface area contributed by atoms with Crippen molar-refractivity contribution in [3.63, 3.8) is 0 Å². The van der Waals surface area contributed by atoms with Gasteiger partial charge in [0.1, 0.15) is 0 Å². The fourth-order valence-electron chi connectivity index (χ4n) is 3.05. The Morgan fingerprint density at radius 1 is 1.04 bits per heavy atom. The van der Waals surface area contributed by atoms with Crippen molar-refractivity contribution in [3.05, 3.63) is 22.9 Å². The molecule has 0 spiro atoms. The number of hydrogen-bond acceptors (Lipinski definition) is 3. The van der Waals surface area contributed by atoms with Gasteiger partial charge in [0.15, 0.2) is 0 Å². The highest BCUT2D eigenvalue weighted by atomic mass is 28.3. The molecule has 0 saturated heterocycles. The van der Waals surface area contributed by atoms with Gasteiger partial charge in [0, 0.05) is 6.42 Å². The number of allylic oxidation sites excluding steroid dienone is 4. The van der Waals surface area contributed by atoms with Crippen LogP contribution in [0.2, 0.25) is 13.1 Å². The molecule has 0 aromatic heterocycles. The summed E-state index contributed by atoms with van der Waals surface area (Å²) in [4.78, 5) is 0. The maximum Gasteiger partial charge on any atom is 0.365 e. The summed E-state index contributed by atoms with van der Waals surface area (Å²) >= 11 is 0. The lowest BCUT2D eigenvalue weighted by Crippen LogP contribution is -2.46. The summed E-state index contributed by atoms with van der Waals surface area (Å²) in [6.45, 7) is 7.60. The van der Waals surface area contributed by atoms with E-state index in [4.69, 9.17) is 9.47 Å². The van der Waals surface area contributed by atoms with E-state index in [1.54, 1.807) is 6.08 Å². The zero-order chi connectivity index (χ0) is 20.6. The van der Waals surface area contributed by atoms with Crippen molar-refractivity contribution < 1.29 is 27.8 Å². The van der Waals surface area contributed by atoms with Crippen molar-refractivity contribution in [1.29, 1.82) is 0 Å². The summed E-state index contributed by atoms with van der Waals surface area (Å²) in [5, 5.41) is 11.1. The van der Waals surface area contributed by atoms with Gasteiger partial charge in [-0.05, 0) is 32.1 Å². The molecule has 1 aliphatic rings. The Hall–Kier alpha value is -0.633. The van der Waals surface area contributed by atoms with Crippen molar-refractivity contribution in [2.75, 3.05) is 13.2 Å². The Balaban J connectivity index is 2.71. The van der Waals surface area contributed by atoms with E-state index in [9.17, 15) is 18.3 Å². The van der Waals surface area contributed by atoms with Crippen LogP contribution in [0.3, 0.4) is 0 Å². The minimum atomic E-state index is -4.16. The summed E-state index contributed by atoms with van der Waals surface area (Å²) in [5.74, 6) is -5.80. The fraction of sp³-hybridized carbons (Fsp3) is 0.800. The second-order valence-electron chi connectivity index (χ2n) is 7.72. The minimum Gasteiger partial charge on any atom is -0.343 e. The van der Waals surface area contributed by atoms with Gasteiger partial charge in [0.05, 0.1) is 13.2 Å². The van der Waals surface area contributed by atoms with E-state index in [1.165, 1.54) is 13.1 Å². The molecule has 0 fully saturated rings. The number of rotatable bonds is 13. The number of hydrogen-bond donors (Lipinski definition) is 1. The number of aliphatic hydroxyl groups is 1. The van der Waals surface area contributed by atoms with Crippen LogP contribution in [-0.4, -0.2) is 38.2 Å². The third-order valence-electron chi connectivity index (χ3n) is 5.03. The molecule has 1 rings (SSSR count). The lowest BCUT2D eigenvalue weighted by molar-refractivity contribution is -0.363. The van der Waals surface area contributed by atoms with E-state index in [-0.39, 0.29) is 6.42 Å². The van der Waals surface area contributed by atoms with Gasteiger partial charge in [-0.1, -0.05) is 62.7 Å². The number of ether oxygens (including phenoxy) is 2. The van der Waals surface area contributed by atoms with Crippen LogP contribution in [-0.2, 0) is 9.47 Å². The number of halogens is 3. The summed E-state index contributed by atoms with van der Waals surface area (Å²) in [5.41, 5.74) is 0.841. The molecule has 3 nitrogen and oxygen atoms in total. The monoisotopic (exact) mass is 408 g/mol. The molecule has 1 N–H and O–H groups in total. The molecule has 0 aliphatic heterocycles. The molecule has 27 heavy (non-hydrogen) atoms. The van der Waals surface area contributed by atoms with E-state index in [0.29, 0.717) is 37.7 Å². The predicted molar refractivity (Wildman–Crippen MR) is 105 cm³/mol. The average Bonchev–Trinajstić information content (AvgIpc) is 3.03. The topological polar surface area (TPSA) is 38.7 Å². The average molecular weight is 409 g/mol. The number of alkyl halides is 3. The first kappa shape index (κ1) is 24.4. The predicted octanol–water partition coefficient (Wildman–Crippen LogP) is 6.04. The highest BCUT2D eigenvalue weighted by Crippen LogP contribution is 2.40. The van der Waals surface area contributed by atoms with Crippen molar-refractivity contribution in [1.82, 2.24) is 0 Å². The second kappa shape index (κ2) is 10.8. The second-order valence-corrected chi connectivity index (χ2v) is 12.1. The highest BCUT2D eigenvalue weighted by Gasteiger charge is 2.52. The quantitative estimate of drug-likeness (QED) is 0.229. The molecule has 0 aromatic carbocycles. The Morgan fingerprint density at radius 3 is 2.07 bits per heavy atom. The molecule has 1 aliphatic carbocycles. The molecular formula is C20H35F3O3Si. The molecule has 0 bridgehead atoms. The van der Waals surface area contributed by atoms with Gasteiger partial charge >= 0.3 is 5.80 Å². The van der Waals surface area contributed by atoms with Gasteiger partial charge in [-0.3, -0.25) is 0 Å². The van der Waals surface area contributed by atoms with Gasteiger partial charge in [-0.25, -0.2) is 0 Å². The van der Waals surface area contributed by atoms with Gasteiger partial charge in [-0.2, -0.15) is 13.2 Å². The lowest BCUT2D eigenvalue weighted by atomic mass is 10.1. The van der Waals surface area contributed by atoms with Crippen LogP contribution in [0.5, 0.6) is 0 Å². The standard InChI is InChI=1S/C20H35F3O3Si/c1-5-7-15-25-19(24,26-16-8-6-2)14-10-12-17-11-9-13-18(17)27(3,4)20(21,22)23/h9,13,24H,5-8,10-12,14-16H2,1-4H3. The molecule has 0 saturated carbocycles. The highest BCUT2D eigenvalue weighted by molar-refractivity contribution is 6.86. The van der Waals surface area contributed by atoms with E-state index in [1.807, 2.05) is 19.9 Å². The molecular weight excluding hydrogens is 373 g/mol. The summed E-state index contributed by atoms with van der Waals surface area (Å²) in [7, 11) is -3.51. The zero-order valence-electron chi connectivity index (χ0n) is 17.1. The maximum absolute atomic E-state index is 13.4. The summed E-state index contributed by atoms with van der Waals surface area (Å²) in [6, 6.07) is 0. The van der Waals surface area contributed by atoms with Gasteiger partial charge in [0.2, 0.25) is 8.07 Å². The molecule has 0 amide bonds. The van der Waals surface area contributed by atoms with Crippen LogP contribution in [0.1, 0.15) is 65.2 Å². The Morgan fingerprint density at radius 2 is 1.59 bits per heavy atom. The van der Waals surface area contributed by atoms with Crippen molar-refractivity contribution in [3.8, 4) is 0 Å². The molecule has 0 aromatic rings. The van der Waals surface area contributed by atoms with Crippen molar-refractivity contribution in [2.24, 2.45) is 0 Å². The Bertz CT molecular complexity index is 503. The van der Waals surface area contributed by atoms with Crippen molar-refractivity contribution in [2.45, 2.75) is 90.1 Å². The van der Waals surface area contributed by atoms with Gasteiger partial charge in [0.25, 0.3) is 5.97 Å². The first-order chi connectivity index (χ1) is 12.6. The first-order valence-electron chi connectivity index (χ1n) is 10.0. The van der Waals surface area contributed by atoms with Crippen LogP contribution in [0.15, 0.2) is 22.9 Å².